The molecule has 0 radical (unpaired) electrons. The fourth-order valence-corrected chi connectivity index (χ4v) is 1.84. The van der Waals surface area contributed by atoms with E-state index in [-0.39, 0.29) is 24.0 Å². The molecule has 0 aromatic heterocycles. The number of hydrogen-bond donors (Lipinski definition) is 2. The maximum atomic E-state index is 5.76. The molecule has 6 heteroatoms. The van der Waals surface area contributed by atoms with Crippen LogP contribution in [0.3, 0.4) is 0 Å². The monoisotopic (exact) mass is 384 g/mol. The second-order valence-electron chi connectivity index (χ2n) is 5.21. The standard InChI is InChI=1S/C13H28N4O.HI/c1-12(2)11-16-13(14)15-5-3-4-6-17-7-9-18-10-8-17;/h12H,3-11H2,1-2H3,(H3,14,15,16);1H. The number of aliphatic imine (C=N–C) groups is 1. The summed E-state index contributed by atoms with van der Waals surface area (Å²) >= 11 is 0. The molecular formula is C13H29IN4O. The van der Waals surface area contributed by atoms with Gasteiger partial charge >= 0.3 is 0 Å². The zero-order valence-electron chi connectivity index (χ0n) is 12.2. The number of nitrogens with one attached hydrogen (secondary N) is 1. The number of guanidine groups is 1. The first-order chi connectivity index (χ1) is 8.68. The van der Waals surface area contributed by atoms with E-state index in [1.807, 2.05) is 0 Å². The van der Waals surface area contributed by atoms with E-state index >= 15 is 0 Å². The Morgan fingerprint density at radius 1 is 1.32 bits per heavy atom. The predicted molar refractivity (Wildman–Crippen MR) is 91.2 cm³/mol. The van der Waals surface area contributed by atoms with E-state index in [9.17, 15) is 0 Å². The van der Waals surface area contributed by atoms with Crippen LogP contribution < -0.4 is 11.1 Å². The average Bonchev–Trinajstić information content (AvgIpc) is 2.37. The van der Waals surface area contributed by atoms with Gasteiger partial charge in [-0.3, -0.25) is 9.89 Å². The van der Waals surface area contributed by atoms with Crippen molar-refractivity contribution in [3.8, 4) is 0 Å². The molecule has 0 bridgehead atoms. The van der Waals surface area contributed by atoms with Gasteiger partial charge in [0.25, 0.3) is 0 Å². The topological polar surface area (TPSA) is 62.9 Å². The Balaban J connectivity index is 0.00000324. The van der Waals surface area contributed by atoms with E-state index in [1.165, 1.54) is 6.42 Å². The van der Waals surface area contributed by atoms with Gasteiger partial charge in [0.15, 0.2) is 5.96 Å². The molecule has 5 nitrogen and oxygen atoms in total. The van der Waals surface area contributed by atoms with Gasteiger partial charge in [-0.05, 0) is 25.3 Å². The van der Waals surface area contributed by atoms with Crippen molar-refractivity contribution in [2.45, 2.75) is 26.7 Å². The molecule has 0 aliphatic carbocycles. The summed E-state index contributed by atoms with van der Waals surface area (Å²) in [5.41, 5.74) is 5.76. The van der Waals surface area contributed by atoms with Gasteiger partial charge in [-0.15, -0.1) is 24.0 Å². The Morgan fingerprint density at radius 2 is 2.00 bits per heavy atom. The lowest BCUT2D eigenvalue weighted by atomic mass is 10.2. The van der Waals surface area contributed by atoms with Gasteiger partial charge in [-0.1, -0.05) is 13.8 Å². The minimum atomic E-state index is 0. The molecule has 114 valence electrons. The van der Waals surface area contributed by atoms with E-state index in [2.05, 4.69) is 29.1 Å². The fourth-order valence-electron chi connectivity index (χ4n) is 1.84. The van der Waals surface area contributed by atoms with Gasteiger partial charge in [0, 0.05) is 26.2 Å². The third-order valence-electron chi connectivity index (χ3n) is 2.94. The highest BCUT2D eigenvalue weighted by Gasteiger charge is 2.08. The number of unbranched alkanes of at least 4 members (excludes halogenated alkanes) is 1. The van der Waals surface area contributed by atoms with Crippen molar-refractivity contribution < 1.29 is 4.74 Å². The normalized spacial score (nSPS) is 17.3. The van der Waals surface area contributed by atoms with Crippen LogP contribution in [-0.2, 0) is 4.74 Å². The first kappa shape index (κ1) is 18.9. The van der Waals surface area contributed by atoms with E-state index < -0.39 is 0 Å². The lowest BCUT2D eigenvalue weighted by molar-refractivity contribution is 0.0372. The smallest absolute Gasteiger partial charge is 0.188 e. The maximum absolute atomic E-state index is 5.76. The van der Waals surface area contributed by atoms with Crippen LogP contribution in [0.1, 0.15) is 26.7 Å². The summed E-state index contributed by atoms with van der Waals surface area (Å²) in [6.07, 6.45) is 2.33. The van der Waals surface area contributed by atoms with Crippen LogP contribution in [0.5, 0.6) is 0 Å². The Hall–Kier alpha value is -0.0800. The Bertz CT molecular complexity index is 243. The van der Waals surface area contributed by atoms with Crippen LogP contribution in [0.2, 0.25) is 0 Å². The van der Waals surface area contributed by atoms with Crippen molar-refractivity contribution in [1.82, 2.24) is 10.2 Å². The summed E-state index contributed by atoms with van der Waals surface area (Å²) in [4.78, 5) is 6.73. The molecule has 0 aromatic rings. The summed E-state index contributed by atoms with van der Waals surface area (Å²) in [5, 5.41) is 3.16. The van der Waals surface area contributed by atoms with Crippen LogP contribution >= 0.6 is 24.0 Å². The quantitative estimate of drug-likeness (QED) is 0.301. The van der Waals surface area contributed by atoms with Gasteiger partial charge in [-0.2, -0.15) is 0 Å². The Labute approximate surface area is 134 Å². The zero-order valence-corrected chi connectivity index (χ0v) is 14.6. The molecule has 0 atom stereocenters. The maximum Gasteiger partial charge on any atom is 0.188 e. The molecule has 0 unspecified atom stereocenters. The molecule has 1 fully saturated rings. The largest absolute Gasteiger partial charge is 0.379 e. The van der Waals surface area contributed by atoms with Gasteiger partial charge in [-0.25, -0.2) is 0 Å². The number of nitrogens with two attached hydrogens (primary N) is 1. The lowest BCUT2D eigenvalue weighted by Crippen LogP contribution is -2.37. The van der Waals surface area contributed by atoms with E-state index in [1.54, 1.807) is 0 Å². The number of halogens is 1. The number of hydrogen-bond acceptors (Lipinski definition) is 3. The minimum absolute atomic E-state index is 0. The molecule has 1 rings (SSSR count). The molecule has 0 amide bonds. The number of ether oxygens (including phenoxy) is 1. The Kier molecular flexibility index (Phi) is 11.7. The summed E-state index contributed by atoms with van der Waals surface area (Å²) in [6, 6.07) is 0. The second kappa shape index (κ2) is 11.7. The van der Waals surface area contributed by atoms with Crippen LogP contribution in [0.4, 0.5) is 0 Å². The fraction of sp³-hybridized carbons (Fsp3) is 0.923. The molecule has 1 saturated heterocycles. The highest BCUT2D eigenvalue weighted by atomic mass is 127. The zero-order chi connectivity index (χ0) is 13.2. The van der Waals surface area contributed by atoms with Crippen molar-refractivity contribution in [2.24, 2.45) is 16.6 Å². The second-order valence-corrected chi connectivity index (χ2v) is 5.21. The molecule has 0 spiro atoms. The van der Waals surface area contributed by atoms with E-state index in [0.29, 0.717) is 11.9 Å². The summed E-state index contributed by atoms with van der Waals surface area (Å²) in [6.45, 7) is 11.1. The molecule has 19 heavy (non-hydrogen) atoms. The SMILES string of the molecule is CC(C)CN=C(N)NCCCCN1CCOCC1.I. The molecule has 0 aromatic carbocycles. The Morgan fingerprint density at radius 3 is 2.63 bits per heavy atom. The number of rotatable bonds is 7. The molecule has 1 heterocycles. The summed E-state index contributed by atoms with van der Waals surface area (Å²) in [7, 11) is 0. The van der Waals surface area contributed by atoms with Crippen LogP contribution in [0, 0.1) is 5.92 Å². The average molecular weight is 384 g/mol. The lowest BCUT2D eigenvalue weighted by Gasteiger charge is -2.26. The molecule has 1 aliphatic heterocycles. The van der Waals surface area contributed by atoms with Crippen molar-refractivity contribution in [2.75, 3.05) is 45.9 Å². The molecule has 0 saturated carbocycles. The summed E-state index contributed by atoms with van der Waals surface area (Å²) in [5.74, 6) is 1.14. The van der Waals surface area contributed by atoms with E-state index in [4.69, 9.17) is 10.5 Å². The minimum Gasteiger partial charge on any atom is -0.379 e. The molecule has 1 aliphatic rings. The van der Waals surface area contributed by atoms with Crippen LogP contribution in [-0.4, -0.2) is 56.8 Å². The van der Waals surface area contributed by atoms with Crippen molar-refractivity contribution in [3.05, 3.63) is 0 Å². The van der Waals surface area contributed by atoms with Crippen molar-refractivity contribution in [1.29, 1.82) is 0 Å². The molecular weight excluding hydrogens is 355 g/mol. The third kappa shape index (κ3) is 10.4. The van der Waals surface area contributed by atoms with Gasteiger partial charge in [0.1, 0.15) is 0 Å². The van der Waals surface area contributed by atoms with Gasteiger partial charge in [0.2, 0.25) is 0 Å². The predicted octanol–water partition coefficient (Wildman–Crippen LogP) is 1.28. The number of morpholine rings is 1. The summed E-state index contributed by atoms with van der Waals surface area (Å²) < 4.78 is 5.32. The van der Waals surface area contributed by atoms with Crippen molar-refractivity contribution >= 4 is 29.9 Å². The van der Waals surface area contributed by atoms with Crippen LogP contribution in [0.25, 0.3) is 0 Å². The molecule has 3 N–H and O–H groups in total. The van der Waals surface area contributed by atoms with Crippen molar-refractivity contribution in [3.63, 3.8) is 0 Å². The number of nitrogens with zero attached hydrogens (tertiary/aromatic N) is 2. The highest BCUT2D eigenvalue weighted by Crippen LogP contribution is 1.99. The van der Waals surface area contributed by atoms with Gasteiger partial charge < -0.3 is 15.8 Å². The highest BCUT2D eigenvalue weighted by molar-refractivity contribution is 14.0. The van der Waals surface area contributed by atoms with E-state index in [0.717, 1.165) is 52.4 Å². The first-order valence-electron chi connectivity index (χ1n) is 7.02. The van der Waals surface area contributed by atoms with Crippen LogP contribution in [0.15, 0.2) is 4.99 Å². The van der Waals surface area contributed by atoms with Gasteiger partial charge in [0.05, 0.1) is 13.2 Å². The first-order valence-corrected chi connectivity index (χ1v) is 7.02. The third-order valence-corrected chi connectivity index (χ3v) is 2.94.